The number of hydrogen-bond donors (Lipinski definition) is 3. The first-order chi connectivity index (χ1) is 16.6. The van der Waals surface area contributed by atoms with Crippen molar-refractivity contribution in [3.05, 3.63) is 67.1 Å². The van der Waals surface area contributed by atoms with E-state index >= 15 is 0 Å². The molecule has 0 atom stereocenters. The number of benzene rings is 2. The van der Waals surface area contributed by atoms with Gasteiger partial charge in [0.05, 0.1) is 25.1 Å². The zero-order chi connectivity index (χ0) is 23.5. The van der Waals surface area contributed by atoms with Gasteiger partial charge in [0.2, 0.25) is 11.9 Å². The van der Waals surface area contributed by atoms with E-state index in [9.17, 15) is 9.18 Å². The zero-order valence-corrected chi connectivity index (χ0v) is 18.2. The number of nitrogens with zero attached hydrogens (tertiary/aromatic N) is 4. The van der Waals surface area contributed by atoms with E-state index in [2.05, 4.69) is 42.3 Å². The number of halogens is 1. The molecule has 0 radical (unpaired) electrons. The van der Waals surface area contributed by atoms with Gasteiger partial charge in [-0.1, -0.05) is 18.7 Å². The molecule has 3 heterocycles. The molecule has 1 saturated heterocycles. The van der Waals surface area contributed by atoms with Gasteiger partial charge in [0, 0.05) is 30.0 Å². The lowest BCUT2D eigenvalue weighted by Gasteiger charge is -2.29. The molecule has 4 aromatic rings. The van der Waals surface area contributed by atoms with Crippen molar-refractivity contribution in [2.24, 2.45) is 0 Å². The van der Waals surface area contributed by atoms with Gasteiger partial charge in [-0.2, -0.15) is 5.10 Å². The van der Waals surface area contributed by atoms with Crippen molar-refractivity contribution in [2.45, 2.75) is 0 Å². The van der Waals surface area contributed by atoms with Crippen molar-refractivity contribution >= 4 is 40.0 Å². The predicted molar refractivity (Wildman–Crippen MR) is 129 cm³/mol. The number of nitrogens with one attached hydrogen (secondary N) is 3. The van der Waals surface area contributed by atoms with Gasteiger partial charge in [0.25, 0.3) is 0 Å². The third kappa shape index (κ3) is 4.44. The molecule has 1 fully saturated rings. The van der Waals surface area contributed by atoms with Crippen molar-refractivity contribution in [1.82, 2.24) is 20.2 Å². The Morgan fingerprint density at radius 3 is 2.85 bits per heavy atom. The van der Waals surface area contributed by atoms with Crippen LogP contribution >= 0.6 is 0 Å². The third-order valence-electron chi connectivity index (χ3n) is 5.47. The van der Waals surface area contributed by atoms with Crippen LogP contribution < -0.4 is 15.5 Å². The van der Waals surface area contributed by atoms with Crippen LogP contribution in [-0.2, 0) is 9.53 Å². The molecule has 1 aliphatic rings. The average molecular weight is 459 g/mol. The van der Waals surface area contributed by atoms with Gasteiger partial charge in [0.1, 0.15) is 22.5 Å². The van der Waals surface area contributed by atoms with Crippen LogP contribution in [0.5, 0.6) is 0 Å². The van der Waals surface area contributed by atoms with E-state index < -0.39 is 5.82 Å². The minimum atomic E-state index is -0.397. The number of hydrogen-bond acceptors (Lipinski definition) is 7. The predicted octanol–water partition coefficient (Wildman–Crippen LogP) is 3.86. The summed E-state index contributed by atoms with van der Waals surface area (Å²) in [5.41, 5.74) is 4.21. The van der Waals surface area contributed by atoms with Gasteiger partial charge in [-0.05, 0) is 36.4 Å². The fourth-order valence-electron chi connectivity index (χ4n) is 3.76. The Kier molecular flexibility index (Phi) is 5.88. The van der Waals surface area contributed by atoms with Crippen LogP contribution in [0.2, 0.25) is 0 Å². The first-order valence-corrected chi connectivity index (χ1v) is 10.7. The van der Waals surface area contributed by atoms with E-state index in [0.717, 1.165) is 24.3 Å². The number of amides is 1. The van der Waals surface area contributed by atoms with Gasteiger partial charge in [-0.15, -0.1) is 0 Å². The molecule has 1 aliphatic heterocycles. The summed E-state index contributed by atoms with van der Waals surface area (Å²) in [6, 6.07) is 12.3. The number of morpholine rings is 1. The molecule has 10 heteroatoms. The average Bonchev–Trinajstić information content (AvgIpc) is 3.29. The van der Waals surface area contributed by atoms with E-state index in [1.165, 1.54) is 12.1 Å². The molecular weight excluding hydrogens is 437 g/mol. The fraction of sp³-hybridized carbons (Fsp3) is 0.167. The van der Waals surface area contributed by atoms with Crippen molar-refractivity contribution in [1.29, 1.82) is 0 Å². The number of carbonyl (C=O) groups excluding carboxylic acids is 1. The van der Waals surface area contributed by atoms with Crippen molar-refractivity contribution < 1.29 is 13.9 Å². The van der Waals surface area contributed by atoms with E-state index in [1.807, 2.05) is 12.1 Å². The van der Waals surface area contributed by atoms with Gasteiger partial charge in [0.15, 0.2) is 0 Å². The molecule has 172 valence electrons. The Hall–Kier alpha value is -4.31. The molecule has 0 saturated carbocycles. The maximum atomic E-state index is 14.8. The summed E-state index contributed by atoms with van der Waals surface area (Å²) >= 11 is 0. The molecule has 0 unspecified atom stereocenters. The normalized spacial score (nSPS) is 13.6. The molecule has 2 aromatic carbocycles. The SMILES string of the molecule is C=CC(=O)Nc1cccc(-c2n[nH]c3cnc(Nc4ccc(N5CCOCC5)cc4F)nc23)c1. The third-order valence-corrected chi connectivity index (χ3v) is 5.47. The number of ether oxygens (including phenoxy) is 1. The van der Waals surface area contributed by atoms with E-state index in [-0.39, 0.29) is 17.5 Å². The number of aromatic nitrogens is 4. The highest BCUT2D eigenvalue weighted by molar-refractivity contribution is 5.99. The van der Waals surface area contributed by atoms with Gasteiger partial charge in [-0.25, -0.2) is 14.4 Å². The lowest BCUT2D eigenvalue weighted by Crippen LogP contribution is -2.36. The maximum Gasteiger partial charge on any atom is 0.247 e. The highest BCUT2D eigenvalue weighted by atomic mass is 19.1. The second kappa shape index (κ2) is 9.28. The number of fused-ring (bicyclic) bond motifs is 1. The van der Waals surface area contributed by atoms with Crippen LogP contribution in [0.4, 0.5) is 27.4 Å². The summed E-state index contributed by atoms with van der Waals surface area (Å²) in [6.45, 7) is 6.18. The summed E-state index contributed by atoms with van der Waals surface area (Å²) in [5, 5.41) is 13.0. The molecule has 0 spiro atoms. The quantitative estimate of drug-likeness (QED) is 0.376. The Bertz CT molecular complexity index is 1360. The largest absolute Gasteiger partial charge is 0.378 e. The monoisotopic (exact) mass is 459 g/mol. The molecule has 1 amide bonds. The summed E-state index contributed by atoms with van der Waals surface area (Å²) in [7, 11) is 0. The molecule has 0 bridgehead atoms. The van der Waals surface area contributed by atoms with Crippen LogP contribution in [0.3, 0.4) is 0 Å². The van der Waals surface area contributed by atoms with Crippen molar-refractivity contribution in [2.75, 3.05) is 41.8 Å². The highest BCUT2D eigenvalue weighted by Gasteiger charge is 2.15. The second-order valence-electron chi connectivity index (χ2n) is 7.69. The van der Waals surface area contributed by atoms with Gasteiger partial charge < -0.3 is 20.3 Å². The van der Waals surface area contributed by atoms with Gasteiger partial charge in [-0.3, -0.25) is 9.89 Å². The fourth-order valence-corrected chi connectivity index (χ4v) is 3.76. The smallest absolute Gasteiger partial charge is 0.247 e. The van der Waals surface area contributed by atoms with E-state index in [0.29, 0.717) is 35.6 Å². The standard InChI is InChI=1S/C24H22FN7O2/c1-2-21(33)27-16-5-3-4-15(12-16)22-23-20(30-31-22)14-26-24(29-23)28-19-7-6-17(13-18(19)25)32-8-10-34-11-9-32/h2-7,12-14H,1,8-11H2,(H,27,33)(H,30,31)(H,26,28,29). The number of rotatable bonds is 6. The molecule has 0 aliphatic carbocycles. The molecule has 5 rings (SSSR count). The first-order valence-electron chi connectivity index (χ1n) is 10.7. The molecule has 34 heavy (non-hydrogen) atoms. The van der Waals surface area contributed by atoms with E-state index in [1.54, 1.807) is 30.5 Å². The lowest BCUT2D eigenvalue weighted by molar-refractivity contribution is -0.111. The minimum Gasteiger partial charge on any atom is -0.378 e. The Balaban J connectivity index is 1.41. The summed E-state index contributed by atoms with van der Waals surface area (Å²) in [4.78, 5) is 22.5. The maximum absolute atomic E-state index is 14.8. The minimum absolute atomic E-state index is 0.240. The molecule has 2 aromatic heterocycles. The number of aromatic amines is 1. The molecular formula is C24H22FN7O2. The van der Waals surface area contributed by atoms with Crippen LogP contribution in [0.25, 0.3) is 22.3 Å². The summed E-state index contributed by atoms with van der Waals surface area (Å²) in [5.74, 6) is -0.463. The van der Waals surface area contributed by atoms with Crippen LogP contribution in [0.15, 0.2) is 61.3 Å². The summed E-state index contributed by atoms with van der Waals surface area (Å²) < 4.78 is 20.2. The molecule has 9 nitrogen and oxygen atoms in total. The topological polar surface area (TPSA) is 108 Å². The number of H-pyrrole nitrogens is 1. The van der Waals surface area contributed by atoms with Crippen LogP contribution in [0, 0.1) is 5.82 Å². The number of anilines is 4. The summed E-state index contributed by atoms with van der Waals surface area (Å²) in [6.07, 6.45) is 2.79. The Morgan fingerprint density at radius 1 is 1.21 bits per heavy atom. The van der Waals surface area contributed by atoms with Crippen LogP contribution in [-0.4, -0.2) is 52.4 Å². The molecule has 3 N–H and O–H groups in total. The number of carbonyl (C=O) groups is 1. The van der Waals surface area contributed by atoms with Gasteiger partial charge >= 0.3 is 0 Å². The zero-order valence-electron chi connectivity index (χ0n) is 18.2. The second-order valence-corrected chi connectivity index (χ2v) is 7.69. The van der Waals surface area contributed by atoms with Crippen molar-refractivity contribution in [3.63, 3.8) is 0 Å². The first kappa shape index (κ1) is 21.5. The van der Waals surface area contributed by atoms with Crippen LogP contribution in [0.1, 0.15) is 0 Å². The Labute approximate surface area is 194 Å². The Morgan fingerprint density at radius 2 is 2.06 bits per heavy atom. The highest BCUT2D eigenvalue weighted by Crippen LogP contribution is 2.29. The lowest BCUT2D eigenvalue weighted by atomic mass is 10.1. The van der Waals surface area contributed by atoms with Crippen molar-refractivity contribution in [3.8, 4) is 11.3 Å². The van der Waals surface area contributed by atoms with E-state index in [4.69, 9.17) is 4.74 Å².